The van der Waals surface area contributed by atoms with Crippen LogP contribution in [0.25, 0.3) is 93.2 Å². The summed E-state index contributed by atoms with van der Waals surface area (Å²) >= 11 is 0. The molecular formula is C55H35N. The van der Waals surface area contributed by atoms with Gasteiger partial charge in [0, 0.05) is 22.4 Å². The molecule has 12 rings (SSSR count). The second-order valence-corrected chi connectivity index (χ2v) is 15.2. The maximum atomic E-state index is 2.47. The van der Waals surface area contributed by atoms with Gasteiger partial charge in [0.2, 0.25) is 0 Å². The lowest BCUT2D eigenvalue weighted by atomic mass is 9.86. The number of aromatic nitrogens is 1. The zero-order valence-electron chi connectivity index (χ0n) is 30.7. The molecule has 260 valence electrons. The summed E-state index contributed by atoms with van der Waals surface area (Å²) < 4.78 is 2.42. The Kier molecular flexibility index (Phi) is 6.76. The average molecular weight is 710 g/mol. The molecule has 1 aliphatic rings. The summed E-state index contributed by atoms with van der Waals surface area (Å²) in [6.45, 7) is 0. The van der Waals surface area contributed by atoms with E-state index < -0.39 is 0 Å². The first-order valence-electron chi connectivity index (χ1n) is 19.5. The van der Waals surface area contributed by atoms with Crippen molar-refractivity contribution in [2.24, 2.45) is 0 Å². The van der Waals surface area contributed by atoms with Crippen molar-refractivity contribution >= 4 is 54.1 Å². The van der Waals surface area contributed by atoms with Gasteiger partial charge < -0.3 is 4.57 Å². The normalized spacial score (nSPS) is 13.5. The van der Waals surface area contributed by atoms with E-state index in [1.54, 1.807) is 0 Å². The Bertz CT molecular complexity index is 3330. The monoisotopic (exact) mass is 709 g/mol. The van der Waals surface area contributed by atoms with Crippen LogP contribution >= 0.6 is 0 Å². The molecule has 1 aromatic heterocycles. The minimum absolute atomic E-state index is 0.164. The lowest BCUT2D eigenvalue weighted by Gasteiger charge is -2.17. The van der Waals surface area contributed by atoms with Crippen molar-refractivity contribution in [3.8, 4) is 39.1 Å². The van der Waals surface area contributed by atoms with Gasteiger partial charge in [-0.1, -0.05) is 164 Å². The van der Waals surface area contributed by atoms with Gasteiger partial charge in [0.1, 0.15) is 0 Å². The molecule has 0 N–H and O–H groups in total. The Morgan fingerprint density at radius 2 is 0.857 bits per heavy atom. The highest BCUT2D eigenvalue weighted by Gasteiger charge is 2.30. The van der Waals surface area contributed by atoms with E-state index in [0.717, 1.165) is 0 Å². The van der Waals surface area contributed by atoms with Gasteiger partial charge in [-0.3, -0.25) is 0 Å². The molecular weight excluding hydrogens is 675 g/mol. The largest absolute Gasteiger partial charge is 0.309 e. The summed E-state index contributed by atoms with van der Waals surface area (Å²) in [4.78, 5) is 0. The predicted octanol–water partition coefficient (Wildman–Crippen LogP) is 14.7. The van der Waals surface area contributed by atoms with E-state index in [0.29, 0.717) is 0 Å². The lowest BCUT2D eigenvalue weighted by molar-refractivity contribution is 1.02. The van der Waals surface area contributed by atoms with Gasteiger partial charge in [-0.05, 0) is 125 Å². The van der Waals surface area contributed by atoms with Crippen LogP contribution in [0.3, 0.4) is 0 Å². The van der Waals surface area contributed by atoms with Gasteiger partial charge in [0.25, 0.3) is 0 Å². The van der Waals surface area contributed by atoms with Crippen LogP contribution in [0.15, 0.2) is 206 Å². The molecule has 0 bridgehead atoms. The third-order valence-corrected chi connectivity index (χ3v) is 12.2. The van der Waals surface area contributed by atoms with Crippen molar-refractivity contribution in [2.45, 2.75) is 5.92 Å². The van der Waals surface area contributed by atoms with Gasteiger partial charge in [-0.2, -0.15) is 0 Å². The van der Waals surface area contributed by atoms with E-state index in [9.17, 15) is 0 Å². The Morgan fingerprint density at radius 3 is 1.66 bits per heavy atom. The maximum absolute atomic E-state index is 2.47. The summed E-state index contributed by atoms with van der Waals surface area (Å²) in [5.74, 6) is 0.164. The highest BCUT2D eigenvalue weighted by atomic mass is 15.0. The topological polar surface area (TPSA) is 4.93 Å². The zero-order valence-corrected chi connectivity index (χ0v) is 30.7. The maximum Gasteiger partial charge on any atom is 0.0541 e. The molecule has 1 heteroatoms. The van der Waals surface area contributed by atoms with E-state index in [1.807, 2.05) is 0 Å². The van der Waals surface area contributed by atoms with Crippen LogP contribution in [-0.2, 0) is 0 Å². The molecule has 0 spiro atoms. The van der Waals surface area contributed by atoms with Gasteiger partial charge in [-0.15, -0.1) is 0 Å². The summed E-state index contributed by atoms with van der Waals surface area (Å²) in [5, 5.41) is 10.4. The molecule has 56 heavy (non-hydrogen) atoms. The van der Waals surface area contributed by atoms with Crippen molar-refractivity contribution in [2.75, 3.05) is 0 Å². The summed E-state index contributed by atoms with van der Waals surface area (Å²) in [7, 11) is 0. The highest BCUT2D eigenvalue weighted by Crippen LogP contribution is 2.50. The van der Waals surface area contributed by atoms with E-state index in [4.69, 9.17) is 0 Å². The fourth-order valence-electron chi connectivity index (χ4n) is 9.73. The second-order valence-electron chi connectivity index (χ2n) is 15.2. The average Bonchev–Trinajstić information content (AvgIpc) is 3.79. The molecule has 1 unspecified atom stereocenters. The van der Waals surface area contributed by atoms with E-state index in [-0.39, 0.29) is 5.92 Å². The number of rotatable bonds is 4. The first-order valence-corrected chi connectivity index (χ1v) is 19.5. The van der Waals surface area contributed by atoms with Crippen molar-refractivity contribution in [3.05, 3.63) is 223 Å². The molecule has 0 amide bonds. The van der Waals surface area contributed by atoms with Crippen LogP contribution in [0.2, 0.25) is 0 Å². The Morgan fingerprint density at radius 1 is 0.286 bits per heavy atom. The van der Waals surface area contributed by atoms with Crippen LogP contribution in [-0.4, -0.2) is 4.57 Å². The van der Waals surface area contributed by atoms with Crippen LogP contribution in [0, 0.1) is 0 Å². The first kappa shape index (κ1) is 31.2. The van der Waals surface area contributed by atoms with Gasteiger partial charge in [0.15, 0.2) is 0 Å². The summed E-state index contributed by atoms with van der Waals surface area (Å²) in [5.41, 5.74) is 15.2. The fraction of sp³-hybridized carbons (Fsp3) is 0.0182. The zero-order chi connectivity index (χ0) is 36.7. The van der Waals surface area contributed by atoms with Crippen LogP contribution in [0.4, 0.5) is 0 Å². The van der Waals surface area contributed by atoms with Crippen molar-refractivity contribution < 1.29 is 0 Å². The molecule has 0 saturated heterocycles. The quantitative estimate of drug-likeness (QED) is 0.160. The molecule has 0 fully saturated rings. The molecule has 1 aliphatic carbocycles. The Balaban J connectivity index is 0.994. The summed E-state index contributed by atoms with van der Waals surface area (Å²) in [6.07, 6.45) is 0. The number of fused-ring (bicyclic) bond motifs is 12. The van der Waals surface area contributed by atoms with Gasteiger partial charge in [-0.25, -0.2) is 0 Å². The number of para-hydroxylation sites is 1. The molecule has 0 radical (unpaired) electrons. The second kappa shape index (κ2) is 12.1. The first-order chi connectivity index (χ1) is 27.8. The molecule has 11 aromatic rings. The predicted molar refractivity (Wildman–Crippen MR) is 237 cm³/mol. The third kappa shape index (κ3) is 4.61. The summed E-state index contributed by atoms with van der Waals surface area (Å²) in [6, 6.07) is 76.5. The minimum Gasteiger partial charge on any atom is -0.309 e. The fourth-order valence-corrected chi connectivity index (χ4v) is 9.73. The minimum atomic E-state index is 0.164. The van der Waals surface area contributed by atoms with Crippen LogP contribution in [0.5, 0.6) is 0 Å². The molecule has 10 aromatic carbocycles. The van der Waals surface area contributed by atoms with Crippen LogP contribution < -0.4 is 0 Å². The van der Waals surface area contributed by atoms with Crippen molar-refractivity contribution in [1.29, 1.82) is 0 Å². The third-order valence-electron chi connectivity index (χ3n) is 12.2. The Hall–Kier alpha value is -7.22. The van der Waals surface area contributed by atoms with E-state index in [1.165, 1.54) is 110 Å². The van der Waals surface area contributed by atoms with E-state index in [2.05, 4.69) is 211 Å². The highest BCUT2D eigenvalue weighted by molar-refractivity contribution is 6.25. The number of nitrogens with zero attached hydrogens (tertiary/aromatic N) is 1. The molecule has 1 heterocycles. The number of benzene rings is 10. The SMILES string of the molecule is c1ccc(-c2cccc(-n3c4ccccc4c4cc(-c5ccc6c(c5)-c5ccccc5C6c5ccc6c7ccccc7c7ccccc7c6c5)ccc43)c2)cc1. The molecule has 1 atom stereocenters. The molecule has 1 nitrogen and oxygen atoms in total. The molecule has 0 aliphatic heterocycles. The number of hydrogen-bond donors (Lipinski definition) is 0. The van der Waals surface area contributed by atoms with Crippen molar-refractivity contribution in [3.63, 3.8) is 0 Å². The van der Waals surface area contributed by atoms with E-state index >= 15 is 0 Å². The molecule has 0 saturated carbocycles. The van der Waals surface area contributed by atoms with Gasteiger partial charge in [0.05, 0.1) is 11.0 Å². The van der Waals surface area contributed by atoms with Gasteiger partial charge >= 0.3 is 0 Å². The Labute approximate surface area is 325 Å². The standard InChI is InChI=1S/C55H35N/c1-2-13-35(14-3-1)36-15-12-16-40(31-36)56-53-24-11-10-22-47(53)52-33-38(27-30-54(52)56)37-25-29-49-51(32-37)45-21-8-9-23-48(45)55(49)39-26-28-46-43-19-5-4-17-41(43)42-18-6-7-20-44(42)50(46)34-39/h1-34,55H. The lowest BCUT2D eigenvalue weighted by Crippen LogP contribution is -1.99. The van der Waals surface area contributed by atoms with Crippen LogP contribution in [0.1, 0.15) is 22.6 Å². The smallest absolute Gasteiger partial charge is 0.0541 e. The van der Waals surface area contributed by atoms with Crippen molar-refractivity contribution in [1.82, 2.24) is 4.57 Å². The number of hydrogen-bond acceptors (Lipinski definition) is 0.